The fourth-order valence-corrected chi connectivity index (χ4v) is 4.14. The molecule has 5 heteroatoms. The Balaban J connectivity index is 2.35. The second kappa shape index (κ2) is 4.55. The van der Waals surface area contributed by atoms with Crippen LogP contribution >= 0.6 is 0 Å². The molecule has 0 spiro atoms. The summed E-state index contributed by atoms with van der Waals surface area (Å²) in [5.74, 6) is -0.180. The zero-order valence-electron chi connectivity index (χ0n) is 10.8. The summed E-state index contributed by atoms with van der Waals surface area (Å²) in [4.78, 5) is 0.00250. The van der Waals surface area contributed by atoms with E-state index in [1.807, 2.05) is 0 Å². The van der Waals surface area contributed by atoms with Gasteiger partial charge in [0.1, 0.15) is 10.6 Å². The van der Waals surface area contributed by atoms with Crippen molar-refractivity contribution in [3.05, 3.63) is 24.3 Å². The van der Waals surface area contributed by atoms with E-state index in [2.05, 4.69) is 13.8 Å². The Morgan fingerprint density at radius 3 is 2.56 bits per heavy atom. The van der Waals surface area contributed by atoms with Crippen molar-refractivity contribution in [2.45, 2.75) is 31.6 Å². The van der Waals surface area contributed by atoms with Crippen molar-refractivity contribution in [3.8, 4) is 5.75 Å². The number of para-hydroxylation sites is 1. The lowest BCUT2D eigenvalue weighted by atomic mass is 9.85. The first kappa shape index (κ1) is 13.4. The van der Waals surface area contributed by atoms with Gasteiger partial charge >= 0.3 is 0 Å². The van der Waals surface area contributed by atoms with E-state index < -0.39 is 10.0 Å². The number of nitrogens with zero attached hydrogens (tertiary/aromatic N) is 1. The average Bonchev–Trinajstić information content (AvgIpc) is 2.28. The number of rotatable bonds is 2. The molecule has 1 heterocycles. The predicted molar refractivity (Wildman–Crippen MR) is 69.9 cm³/mol. The van der Waals surface area contributed by atoms with Crippen LogP contribution in [0.3, 0.4) is 0 Å². The monoisotopic (exact) mass is 269 g/mol. The van der Waals surface area contributed by atoms with Gasteiger partial charge in [-0.1, -0.05) is 26.0 Å². The van der Waals surface area contributed by atoms with Gasteiger partial charge in [-0.3, -0.25) is 0 Å². The van der Waals surface area contributed by atoms with E-state index in [4.69, 9.17) is 0 Å². The minimum atomic E-state index is -3.58. The molecule has 18 heavy (non-hydrogen) atoms. The fourth-order valence-electron chi connectivity index (χ4n) is 2.39. The molecule has 0 saturated carbocycles. The van der Waals surface area contributed by atoms with Crippen LogP contribution in [-0.4, -0.2) is 30.9 Å². The lowest BCUT2D eigenvalue weighted by molar-refractivity contribution is 0.186. The molecule has 0 atom stereocenters. The minimum absolute atomic E-state index is 0.00250. The van der Waals surface area contributed by atoms with E-state index in [0.717, 1.165) is 12.8 Å². The molecule has 1 aliphatic rings. The van der Waals surface area contributed by atoms with Gasteiger partial charge in [-0.2, -0.15) is 4.31 Å². The zero-order valence-corrected chi connectivity index (χ0v) is 11.6. The van der Waals surface area contributed by atoms with Gasteiger partial charge in [0, 0.05) is 13.1 Å². The van der Waals surface area contributed by atoms with Crippen molar-refractivity contribution in [1.82, 2.24) is 4.31 Å². The lowest BCUT2D eigenvalue weighted by Gasteiger charge is -2.37. The summed E-state index contributed by atoms with van der Waals surface area (Å²) in [6.07, 6.45) is 1.89. The number of benzene rings is 1. The van der Waals surface area contributed by atoms with E-state index in [-0.39, 0.29) is 16.1 Å². The Bertz CT molecular complexity index is 537. The summed E-state index contributed by atoms with van der Waals surface area (Å²) in [6.45, 7) is 5.17. The third-order valence-corrected chi connectivity index (χ3v) is 5.24. The van der Waals surface area contributed by atoms with Gasteiger partial charge in [0.05, 0.1) is 0 Å². The molecule has 1 aliphatic heterocycles. The molecule has 1 saturated heterocycles. The Morgan fingerprint density at radius 1 is 1.28 bits per heavy atom. The highest BCUT2D eigenvalue weighted by Gasteiger charge is 2.35. The van der Waals surface area contributed by atoms with Crippen LogP contribution in [0.1, 0.15) is 26.7 Å². The normalized spacial score (nSPS) is 20.8. The summed E-state index contributed by atoms with van der Waals surface area (Å²) in [5, 5.41) is 9.70. The maximum atomic E-state index is 12.5. The van der Waals surface area contributed by atoms with E-state index in [9.17, 15) is 13.5 Å². The van der Waals surface area contributed by atoms with E-state index in [1.54, 1.807) is 12.1 Å². The van der Waals surface area contributed by atoms with Gasteiger partial charge < -0.3 is 5.11 Å². The van der Waals surface area contributed by atoms with Gasteiger partial charge in [-0.25, -0.2) is 8.42 Å². The van der Waals surface area contributed by atoms with Gasteiger partial charge in [0.15, 0.2) is 0 Å². The first-order valence-electron chi connectivity index (χ1n) is 6.11. The molecule has 0 aliphatic carbocycles. The molecule has 100 valence electrons. The van der Waals surface area contributed by atoms with E-state index in [1.165, 1.54) is 16.4 Å². The smallest absolute Gasteiger partial charge is 0.246 e. The van der Waals surface area contributed by atoms with E-state index in [0.29, 0.717) is 13.1 Å². The van der Waals surface area contributed by atoms with Crippen LogP contribution in [0.4, 0.5) is 0 Å². The van der Waals surface area contributed by atoms with Crippen molar-refractivity contribution in [1.29, 1.82) is 0 Å². The first-order valence-corrected chi connectivity index (χ1v) is 7.55. The molecule has 1 N–H and O–H groups in total. The largest absolute Gasteiger partial charge is 0.507 e. The lowest BCUT2D eigenvalue weighted by Crippen LogP contribution is -2.43. The second-order valence-electron chi connectivity index (χ2n) is 5.57. The molecule has 0 amide bonds. The molecular weight excluding hydrogens is 250 g/mol. The molecule has 0 bridgehead atoms. The number of phenolic OH excluding ortho intramolecular Hbond substituents is 1. The molecule has 0 unspecified atom stereocenters. The summed E-state index contributed by atoms with van der Waals surface area (Å²) < 4.78 is 26.4. The Kier molecular flexibility index (Phi) is 3.38. The Morgan fingerprint density at radius 2 is 1.94 bits per heavy atom. The Hall–Kier alpha value is -1.07. The average molecular weight is 269 g/mol. The molecule has 1 aromatic carbocycles. The molecule has 4 nitrogen and oxygen atoms in total. The van der Waals surface area contributed by atoms with Crippen molar-refractivity contribution < 1.29 is 13.5 Å². The van der Waals surface area contributed by atoms with Gasteiger partial charge in [0.25, 0.3) is 0 Å². The van der Waals surface area contributed by atoms with E-state index >= 15 is 0 Å². The number of sulfonamides is 1. The SMILES string of the molecule is CC1(C)CCCN(S(=O)(=O)c2ccccc2O)C1. The van der Waals surface area contributed by atoms with Crippen molar-refractivity contribution in [3.63, 3.8) is 0 Å². The number of phenols is 1. The summed E-state index contributed by atoms with van der Waals surface area (Å²) in [5.41, 5.74) is -0.00425. The number of piperidine rings is 1. The second-order valence-corrected chi connectivity index (χ2v) is 7.48. The van der Waals surface area contributed by atoms with Crippen LogP contribution < -0.4 is 0 Å². The van der Waals surface area contributed by atoms with Gasteiger partial charge in [-0.15, -0.1) is 0 Å². The highest BCUT2D eigenvalue weighted by Crippen LogP contribution is 2.33. The molecule has 0 radical (unpaired) electrons. The molecule has 1 fully saturated rings. The summed E-state index contributed by atoms with van der Waals surface area (Å²) in [6, 6.07) is 6.10. The van der Waals surface area contributed by atoms with Crippen LogP contribution in [0.25, 0.3) is 0 Å². The number of hydrogen-bond donors (Lipinski definition) is 1. The molecule has 0 aromatic heterocycles. The topological polar surface area (TPSA) is 57.6 Å². The zero-order chi connectivity index (χ0) is 13.4. The molecule has 2 rings (SSSR count). The number of hydrogen-bond acceptors (Lipinski definition) is 3. The summed E-state index contributed by atoms with van der Waals surface area (Å²) >= 11 is 0. The van der Waals surface area contributed by atoms with Gasteiger partial charge in [-0.05, 0) is 30.4 Å². The van der Waals surface area contributed by atoms with Gasteiger partial charge in [0.2, 0.25) is 10.0 Å². The summed E-state index contributed by atoms with van der Waals surface area (Å²) in [7, 11) is -3.58. The maximum Gasteiger partial charge on any atom is 0.246 e. The van der Waals surface area contributed by atoms with Crippen LogP contribution in [0.5, 0.6) is 5.75 Å². The third kappa shape index (κ3) is 2.52. The Labute approximate surface area is 108 Å². The van der Waals surface area contributed by atoms with Crippen LogP contribution in [0, 0.1) is 5.41 Å². The van der Waals surface area contributed by atoms with Crippen LogP contribution in [-0.2, 0) is 10.0 Å². The quantitative estimate of drug-likeness (QED) is 0.895. The van der Waals surface area contributed by atoms with Crippen LogP contribution in [0.2, 0.25) is 0 Å². The molecular formula is C13H19NO3S. The number of aromatic hydroxyl groups is 1. The predicted octanol–water partition coefficient (Wildman–Crippen LogP) is 2.20. The highest BCUT2D eigenvalue weighted by atomic mass is 32.2. The standard InChI is InChI=1S/C13H19NO3S/c1-13(2)8-5-9-14(10-13)18(16,17)12-7-4-3-6-11(12)15/h3-4,6-7,15H,5,8-10H2,1-2H3. The van der Waals surface area contributed by atoms with Crippen molar-refractivity contribution in [2.24, 2.45) is 5.41 Å². The minimum Gasteiger partial charge on any atom is -0.507 e. The third-order valence-electron chi connectivity index (χ3n) is 3.35. The highest BCUT2D eigenvalue weighted by molar-refractivity contribution is 7.89. The van der Waals surface area contributed by atoms with Crippen LogP contribution in [0.15, 0.2) is 29.2 Å². The fraction of sp³-hybridized carbons (Fsp3) is 0.538. The van der Waals surface area contributed by atoms with Crippen molar-refractivity contribution >= 4 is 10.0 Å². The first-order chi connectivity index (χ1) is 8.33. The van der Waals surface area contributed by atoms with Crippen molar-refractivity contribution in [2.75, 3.05) is 13.1 Å². The molecule has 1 aromatic rings. The maximum absolute atomic E-state index is 12.5.